The highest BCUT2D eigenvalue weighted by Crippen LogP contribution is 2.42. The Bertz CT molecular complexity index is 1150. The van der Waals surface area contributed by atoms with Crippen LogP contribution >= 0.6 is 24.0 Å². The third kappa shape index (κ3) is 6.22. The van der Waals surface area contributed by atoms with Crippen LogP contribution in [-0.2, 0) is 4.74 Å². The fourth-order valence-corrected chi connectivity index (χ4v) is 5.42. The summed E-state index contributed by atoms with van der Waals surface area (Å²) in [4.78, 5) is 41.5. The van der Waals surface area contributed by atoms with Gasteiger partial charge in [-0.05, 0) is 55.2 Å². The van der Waals surface area contributed by atoms with Gasteiger partial charge in [-0.25, -0.2) is 4.79 Å². The van der Waals surface area contributed by atoms with Crippen LogP contribution in [0.4, 0.5) is 4.79 Å². The predicted octanol–water partition coefficient (Wildman–Crippen LogP) is 3.76. The van der Waals surface area contributed by atoms with E-state index < -0.39 is 6.09 Å². The van der Waals surface area contributed by atoms with Crippen LogP contribution in [0.15, 0.2) is 59.9 Å². The van der Waals surface area contributed by atoms with Crippen molar-refractivity contribution in [3.63, 3.8) is 0 Å². The standard InChI is InChI=1S/C27H27ClN2O4.ClH.2H2O/c28-20-11-9-18(10-12-20)17-5-7-19(8-6-17)23-24(31)21-3-1-2-4-22(21)25(32)26(23)34-27(33)30-15-13-29-14-16-30;;;/h1-4,9-12,17,19,29H,5-8,13-16H2;1H;2*1H2/t17-,19-;;;. The van der Waals surface area contributed by atoms with Gasteiger partial charge in [-0.3, -0.25) is 9.59 Å². The fraction of sp³-hybridized carbons (Fsp3) is 0.370. The highest BCUT2D eigenvalue weighted by molar-refractivity contribution is 6.30. The zero-order chi connectivity index (χ0) is 23.7. The smallest absolute Gasteiger partial charge is 0.412 e. The lowest BCUT2D eigenvalue weighted by molar-refractivity contribution is 0.0835. The van der Waals surface area contributed by atoms with Crippen molar-refractivity contribution in [1.82, 2.24) is 10.2 Å². The molecule has 0 bridgehead atoms. The highest BCUT2D eigenvalue weighted by Gasteiger charge is 2.40. The molecule has 3 aliphatic rings. The molecule has 0 spiro atoms. The van der Waals surface area contributed by atoms with E-state index in [-0.39, 0.29) is 46.6 Å². The van der Waals surface area contributed by atoms with E-state index in [1.807, 2.05) is 12.1 Å². The number of ether oxygens (including phenoxy) is 1. The number of amides is 1. The van der Waals surface area contributed by atoms with E-state index in [0.717, 1.165) is 25.7 Å². The quantitative estimate of drug-likeness (QED) is 0.619. The number of hydrogen-bond donors (Lipinski definition) is 1. The average Bonchev–Trinajstić information content (AvgIpc) is 2.88. The van der Waals surface area contributed by atoms with E-state index in [0.29, 0.717) is 53.8 Å². The van der Waals surface area contributed by atoms with Gasteiger partial charge in [0.25, 0.3) is 0 Å². The number of allylic oxidation sites excluding steroid dienone is 2. The Labute approximate surface area is 227 Å². The highest BCUT2D eigenvalue weighted by atomic mass is 35.5. The molecular weight excluding hydrogens is 519 g/mol. The third-order valence-corrected chi connectivity index (χ3v) is 7.41. The Morgan fingerprint density at radius 2 is 1.38 bits per heavy atom. The van der Waals surface area contributed by atoms with Crippen molar-refractivity contribution < 1.29 is 30.1 Å². The second kappa shape index (κ2) is 13.2. The molecular formula is C27H32Cl2N2O6. The number of nitrogens with one attached hydrogen (secondary N) is 1. The molecule has 10 heteroatoms. The molecule has 5 N–H and O–H groups in total. The maximum Gasteiger partial charge on any atom is 0.415 e. The molecule has 0 radical (unpaired) electrons. The number of carbonyl (C=O) groups excluding carboxylic acids is 3. The number of benzene rings is 2. The Morgan fingerprint density at radius 3 is 1.97 bits per heavy atom. The Hall–Kier alpha value is -2.75. The molecule has 1 saturated heterocycles. The van der Waals surface area contributed by atoms with Gasteiger partial charge in [-0.1, -0.05) is 48.0 Å². The lowest BCUT2D eigenvalue weighted by atomic mass is 9.72. The molecule has 0 atom stereocenters. The second-order valence-corrected chi connectivity index (χ2v) is 9.59. The van der Waals surface area contributed by atoms with Crippen molar-refractivity contribution in [2.45, 2.75) is 31.6 Å². The van der Waals surface area contributed by atoms with Crippen LogP contribution in [0, 0.1) is 5.92 Å². The van der Waals surface area contributed by atoms with Gasteiger partial charge in [0.2, 0.25) is 5.78 Å². The van der Waals surface area contributed by atoms with Gasteiger partial charge in [0.1, 0.15) is 0 Å². The van der Waals surface area contributed by atoms with E-state index in [1.165, 1.54) is 5.56 Å². The van der Waals surface area contributed by atoms with Crippen molar-refractivity contribution >= 4 is 41.7 Å². The molecule has 0 aromatic heterocycles. The van der Waals surface area contributed by atoms with Crippen LogP contribution < -0.4 is 5.32 Å². The number of nitrogens with zero attached hydrogens (tertiary/aromatic N) is 1. The van der Waals surface area contributed by atoms with E-state index in [2.05, 4.69) is 17.4 Å². The van der Waals surface area contributed by atoms with Crippen LogP contribution in [0.2, 0.25) is 5.02 Å². The van der Waals surface area contributed by atoms with Crippen molar-refractivity contribution in [3.8, 4) is 0 Å². The first-order valence-electron chi connectivity index (χ1n) is 11.9. The SMILES string of the molecule is Cl.O.O.O=C1C(OC(=O)N2CCNCC2)=C([C@H]2CC[C@H](c3ccc(Cl)cc3)CC2)C(=O)c2ccccc21. The largest absolute Gasteiger partial charge is 0.415 e. The summed E-state index contributed by atoms with van der Waals surface area (Å²) in [5, 5.41) is 3.90. The molecule has 2 aromatic carbocycles. The number of fused-ring (bicyclic) bond motifs is 1. The Kier molecular flexibility index (Phi) is 10.8. The summed E-state index contributed by atoms with van der Waals surface area (Å²) < 4.78 is 5.71. The zero-order valence-corrected chi connectivity index (χ0v) is 21.9. The zero-order valence-electron chi connectivity index (χ0n) is 20.3. The maximum absolute atomic E-state index is 13.6. The third-order valence-electron chi connectivity index (χ3n) is 7.15. The molecule has 2 aromatic rings. The molecule has 200 valence electrons. The number of piperazine rings is 1. The summed E-state index contributed by atoms with van der Waals surface area (Å²) in [6.45, 7) is 2.36. The van der Waals surface area contributed by atoms with Crippen molar-refractivity contribution in [1.29, 1.82) is 0 Å². The van der Waals surface area contributed by atoms with Crippen molar-refractivity contribution in [2.24, 2.45) is 5.92 Å². The number of halogens is 2. The summed E-state index contributed by atoms with van der Waals surface area (Å²) in [5.41, 5.74) is 2.29. The minimum Gasteiger partial charge on any atom is -0.412 e. The summed E-state index contributed by atoms with van der Waals surface area (Å²) >= 11 is 6.04. The van der Waals surface area contributed by atoms with Gasteiger partial charge in [0, 0.05) is 42.3 Å². The number of carbonyl (C=O) groups is 3. The summed E-state index contributed by atoms with van der Waals surface area (Å²) in [7, 11) is 0. The van der Waals surface area contributed by atoms with Crippen LogP contribution in [0.5, 0.6) is 0 Å². The fourth-order valence-electron chi connectivity index (χ4n) is 5.29. The molecule has 37 heavy (non-hydrogen) atoms. The van der Waals surface area contributed by atoms with Crippen molar-refractivity contribution in [3.05, 3.63) is 81.6 Å². The molecule has 2 aliphatic carbocycles. The second-order valence-electron chi connectivity index (χ2n) is 9.15. The predicted molar refractivity (Wildman–Crippen MR) is 144 cm³/mol. The number of rotatable bonds is 3. The van der Waals surface area contributed by atoms with Gasteiger partial charge in [0.05, 0.1) is 5.57 Å². The van der Waals surface area contributed by atoms with Crippen LogP contribution in [-0.4, -0.2) is 59.7 Å². The topological polar surface area (TPSA) is 139 Å². The van der Waals surface area contributed by atoms with Gasteiger partial charge in [0.15, 0.2) is 11.5 Å². The molecule has 1 saturated carbocycles. The van der Waals surface area contributed by atoms with Crippen LogP contribution in [0.1, 0.15) is 57.9 Å². The van der Waals surface area contributed by atoms with Crippen LogP contribution in [0.25, 0.3) is 0 Å². The average molecular weight is 551 g/mol. The first-order chi connectivity index (χ1) is 16.5. The first kappa shape index (κ1) is 30.5. The van der Waals surface area contributed by atoms with Gasteiger partial charge < -0.3 is 25.9 Å². The Morgan fingerprint density at radius 1 is 0.838 bits per heavy atom. The number of hydrogen-bond acceptors (Lipinski definition) is 5. The van der Waals surface area contributed by atoms with Crippen molar-refractivity contribution in [2.75, 3.05) is 26.2 Å². The molecule has 8 nitrogen and oxygen atoms in total. The van der Waals surface area contributed by atoms with E-state index in [9.17, 15) is 14.4 Å². The lowest BCUT2D eigenvalue weighted by Gasteiger charge is -2.33. The molecule has 0 unspecified atom stereocenters. The number of Topliss-reactive ketones (excluding diaryl/α,β-unsaturated/α-hetero) is 2. The van der Waals surface area contributed by atoms with Gasteiger partial charge in [-0.2, -0.15) is 0 Å². The molecule has 5 rings (SSSR count). The first-order valence-corrected chi connectivity index (χ1v) is 12.3. The van der Waals surface area contributed by atoms with E-state index in [4.69, 9.17) is 16.3 Å². The minimum absolute atomic E-state index is 0. The lowest BCUT2D eigenvalue weighted by Crippen LogP contribution is -2.47. The van der Waals surface area contributed by atoms with Gasteiger partial charge >= 0.3 is 6.09 Å². The van der Waals surface area contributed by atoms with E-state index in [1.54, 1.807) is 29.2 Å². The molecule has 1 aliphatic heterocycles. The maximum atomic E-state index is 13.6. The summed E-state index contributed by atoms with van der Waals surface area (Å²) in [6, 6.07) is 14.7. The summed E-state index contributed by atoms with van der Waals surface area (Å²) in [5.74, 6) is -0.411. The molecule has 2 fully saturated rings. The monoisotopic (exact) mass is 550 g/mol. The minimum atomic E-state index is -0.565. The normalized spacial score (nSPS) is 21.2. The summed E-state index contributed by atoms with van der Waals surface area (Å²) in [6.07, 6.45) is 2.71. The number of ketones is 2. The molecule has 1 heterocycles. The van der Waals surface area contributed by atoms with Gasteiger partial charge in [-0.15, -0.1) is 12.4 Å². The van der Waals surface area contributed by atoms with E-state index >= 15 is 0 Å². The molecule has 1 amide bonds. The Balaban J connectivity index is 0.00000160. The van der Waals surface area contributed by atoms with Crippen LogP contribution in [0.3, 0.4) is 0 Å².